The van der Waals surface area contributed by atoms with Crippen molar-refractivity contribution in [2.24, 2.45) is 4.99 Å². The summed E-state index contributed by atoms with van der Waals surface area (Å²) in [6.07, 6.45) is 1.49. The summed E-state index contributed by atoms with van der Waals surface area (Å²) in [5, 5.41) is 20.8. The Bertz CT molecular complexity index is 1720. The van der Waals surface area contributed by atoms with Gasteiger partial charge in [0.25, 0.3) is 5.56 Å². The van der Waals surface area contributed by atoms with E-state index in [1.54, 1.807) is 50.2 Å². The molecule has 13 heteroatoms. The maximum Gasteiger partial charge on any atom is 0.338 e. The van der Waals surface area contributed by atoms with Gasteiger partial charge in [0.2, 0.25) is 5.75 Å². The molecule has 38 heavy (non-hydrogen) atoms. The number of allylic oxidation sites excluding steroid dienone is 1. The van der Waals surface area contributed by atoms with Gasteiger partial charge in [0.1, 0.15) is 12.1 Å². The Hall–Kier alpha value is -3.79. The Balaban J connectivity index is 1.94. The van der Waals surface area contributed by atoms with E-state index in [4.69, 9.17) is 26.3 Å². The van der Waals surface area contributed by atoms with Crippen molar-refractivity contribution in [1.82, 2.24) is 4.57 Å². The summed E-state index contributed by atoms with van der Waals surface area (Å²) in [6.45, 7) is 3.10. The van der Waals surface area contributed by atoms with E-state index in [9.17, 15) is 19.7 Å². The SMILES string of the molecule is CCOC(=O)C1=C(C)N=c2s/c(=C\c3cc(Br)c(OCC#N)c([N+](=O)[O-])c3)c(=O)n2[C@H]1c1ccccc1Cl. The maximum atomic E-state index is 13.7. The van der Waals surface area contributed by atoms with Crippen molar-refractivity contribution in [1.29, 1.82) is 5.26 Å². The van der Waals surface area contributed by atoms with E-state index in [0.29, 0.717) is 26.6 Å². The van der Waals surface area contributed by atoms with Gasteiger partial charge >= 0.3 is 11.7 Å². The van der Waals surface area contributed by atoms with Crippen LogP contribution in [0.15, 0.2) is 61.9 Å². The van der Waals surface area contributed by atoms with Crippen LogP contribution in [0, 0.1) is 21.4 Å². The molecule has 194 valence electrons. The molecule has 1 aliphatic heterocycles. The molecule has 0 saturated heterocycles. The minimum Gasteiger partial charge on any atom is -0.471 e. The second-order valence-electron chi connectivity index (χ2n) is 7.88. The molecule has 0 bridgehead atoms. The number of carbonyl (C=O) groups is 1. The Morgan fingerprint density at radius 3 is 2.79 bits per heavy atom. The zero-order chi connectivity index (χ0) is 27.6. The standard InChI is InChI=1S/C25H18BrClN4O6S/c1-3-36-24(33)20-13(2)29-25-30(21(20)15-6-4-5-7-17(15)27)23(32)19(38-25)12-14-10-16(26)22(37-9-8-28)18(11-14)31(34)35/h4-7,10-12,21H,3,9H2,1-2H3/b19-12-/t21-/m0/s1. The number of aromatic nitrogens is 1. The zero-order valence-electron chi connectivity index (χ0n) is 19.9. The molecule has 1 aliphatic rings. The van der Waals surface area contributed by atoms with Crippen LogP contribution in [0.5, 0.6) is 5.75 Å². The van der Waals surface area contributed by atoms with E-state index in [1.165, 1.54) is 16.7 Å². The first-order valence-electron chi connectivity index (χ1n) is 11.1. The molecular formula is C25H18BrClN4O6S. The van der Waals surface area contributed by atoms with Crippen molar-refractivity contribution < 1.29 is 19.2 Å². The fourth-order valence-corrected chi connectivity index (χ4v) is 5.87. The summed E-state index contributed by atoms with van der Waals surface area (Å²) in [5.74, 6) is -0.705. The minimum absolute atomic E-state index is 0.0939. The molecular weight excluding hydrogens is 600 g/mol. The highest BCUT2D eigenvalue weighted by Crippen LogP contribution is 2.37. The highest BCUT2D eigenvalue weighted by molar-refractivity contribution is 9.10. The van der Waals surface area contributed by atoms with Crippen LogP contribution in [-0.4, -0.2) is 28.7 Å². The minimum atomic E-state index is -0.885. The van der Waals surface area contributed by atoms with E-state index in [2.05, 4.69) is 20.9 Å². The largest absolute Gasteiger partial charge is 0.471 e. The first-order valence-corrected chi connectivity index (χ1v) is 13.1. The van der Waals surface area contributed by atoms with Crippen molar-refractivity contribution in [2.45, 2.75) is 19.9 Å². The second-order valence-corrected chi connectivity index (χ2v) is 10.1. The van der Waals surface area contributed by atoms with Crippen molar-refractivity contribution in [2.75, 3.05) is 13.2 Å². The molecule has 2 aromatic carbocycles. The van der Waals surface area contributed by atoms with Crippen molar-refractivity contribution in [3.8, 4) is 11.8 Å². The van der Waals surface area contributed by atoms with Crippen molar-refractivity contribution in [3.63, 3.8) is 0 Å². The van der Waals surface area contributed by atoms with Gasteiger partial charge in [0.15, 0.2) is 11.4 Å². The van der Waals surface area contributed by atoms with E-state index in [1.807, 2.05) is 0 Å². The summed E-state index contributed by atoms with van der Waals surface area (Å²) in [6, 6.07) is 10.6. The van der Waals surface area contributed by atoms with Gasteiger partial charge in [-0.25, -0.2) is 9.79 Å². The first kappa shape index (κ1) is 27.3. The number of nitrogens with zero attached hydrogens (tertiary/aromatic N) is 4. The summed E-state index contributed by atoms with van der Waals surface area (Å²) in [4.78, 5) is 42.5. The topological polar surface area (TPSA) is 137 Å². The van der Waals surface area contributed by atoms with Gasteiger partial charge in [-0.15, -0.1) is 0 Å². The van der Waals surface area contributed by atoms with Crippen LogP contribution in [-0.2, 0) is 9.53 Å². The Kier molecular flexibility index (Phi) is 8.11. The molecule has 0 radical (unpaired) electrons. The van der Waals surface area contributed by atoms with Crippen LogP contribution in [0.25, 0.3) is 6.08 Å². The van der Waals surface area contributed by atoms with Crippen LogP contribution in [0.3, 0.4) is 0 Å². The number of benzene rings is 2. The molecule has 2 heterocycles. The smallest absolute Gasteiger partial charge is 0.338 e. The lowest BCUT2D eigenvalue weighted by molar-refractivity contribution is -0.385. The molecule has 0 amide bonds. The molecule has 0 unspecified atom stereocenters. The Morgan fingerprint density at radius 1 is 1.39 bits per heavy atom. The molecule has 3 aromatic rings. The lowest BCUT2D eigenvalue weighted by Crippen LogP contribution is -2.40. The second kappa shape index (κ2) is 11.3. The Labute approximate surface area is 233 Å². The molecule has 1 atom stereocenters. The van der Waals surface area contributed by atoms with E-state index < -0.39 is 22.5 Å². The van der Waals surface area contributed by atoms with E-state index >= 15 is 0 Å². The summed E-state index contributed by atoms with van der Waals surface area (Å²) in [5.41, 5.74) is 0.611. The number of hydrogen-bond donors (Lipinski definition) is 0. The number of esters is 1. The number of hydrogen-bond acceptors (Lipinski definition) is 9. The van der Waals surface area contributed by atoms with Gasteiger partial charge in [0.05, 0.1) is 31.8 Å². The first-order chi connectivity index (χ1) is 18.2. The number of rotatable bonds is 7. The monoisotopic (exact) mass is 616 g/mol. The molecule has 10 nitrogen and oxygen atoms in total. The van der Waals surface area contributed by atoms with Gasteiger partial charge in [-0.2, -0.15) is 5.26 Å². The van der Waals surface area contributed by atoms with Gasteiger partial charge in [0, 0.05) is 11.1 Å². The van der Waals surface area contributed by atoms with Crippen molar-refractivity contribution >= 4 is 56.6 Å². The highest BCUT2D eigenvalue weighted by Gasteiger charge is 2.34. The molecule has 0 spiro atoms. The van der Waals surface area contributed by atoms with Crippen LogP contribution >= 0.6 is 38.9 Å². The van der Waals surface area contributed by atoms with Crippen LogP contribution in [0.1, 0.15) is 31.0 Å². The van der Waals surface area contributed by atoms with Gasteiger partial charge in [-0.05, 0) is 59.1 Å². The molecule has 0 fully saturated rings. The summed E-state index contributed by atoms with van der Waals surface area (Å²) in [7, 11) is 0. The number of carbonyl (C=O) groups excluding carboxylic acids is 1. The third kappa shape index (κ3) is 5.13. The fourth-order valence-electron chi connectivity index (χ4n) is 4.00. The summed E-state index contributed by atoms with van der Waals surface area (Å²) < 4.78 is 12.3. The van der Waals surface area contributed by atoms with Gasteiger partial charge < -0.3 is 9.47 Å². The van der Waals surface area contributed by atoms with Crippen LogP contribution in [0.2, 0.25) is 5.02 Å². The third-order valence-corrected chi connectivity index (χ3v) is 7.45. The van der Waals surface area contributed by atoms with Gasteiger partial charge in [-0.1, -0.05) is 41.1 Å². The van der Waals surface area contributed by atoms with Crippen LogP contribution < -0.4 is 19.6 Å². The number of nitro benzene ring substituents is 1. The predicted molar refractivity (Wildman–Crippen MR) is 144 cm³/mol. The highest BCUT2D eigenvalue weighted by atomic mass is 79.9. The normalized spacial score (nSPS) is 14.9. The number of thiazole rings is 1. The molecule has 0 N–H and O–H groups in total. The fraction of sp³-hybridized carbons (Fsp3) is 0.200. The maximum absolute atomic E-state index is 13.7. The number of nitriles is 1. The predicted octanol–water partition coefficient (Wildman–Crippen LogP) is 4.02. The molecule has 1 aromatic heterocycles. The average Bonchev–Trinajstić information content (AvgIpc) is 3.17. The summed E-state index contributed by atoms with van der Waals surface area (Å²) >= 11 is 10.8. The van der Waals surface area contributed by atoms with Crippen molar-refractivity contribution in [3.05, 3.63) is 98.1 Å². The third-order valence-electron chi connectivity index (χ3n) is 5.54. The molecule has 0 saturated carbocycles. The van der Waals surface area contributed by atoms with Crippen LogP contribution in [0.4, 0.5) is 5.69 Å². The lowest BCUT2D eigenvalue weighted by Gasteiger charge is -2.25. The van der Waals surface area contributed by atoms with E-state index in [-0.39, 0.29) is 39.2 Å². The number of ether oxygens (including phenoxy) is 2. The lowest BCUT2D eigenvalue weighted by atomic mass is 9.96. The van der Waals surface area contributed by atoms with Gasteiger partial charge in [-0.3, -0.25) is 19.5 Å². The number of nitro groups is 1. The quantitative estimate of drug-likeness (QED) is 0.222. The average molecular weight is 618 g/mol. The Morgan fingerprint density at radius 2 is 2.13 bits per heavy atom. The molecule has 4 rings (SSSR count). The van der Waals surface area contributed by atoms with E-state index in [0.717, 1.165) is 11.3 Å². The molecule has 0 aliphatic carbocycles. The zero-order valence-corrected chi connectivity index (χ0v) is 23.1. The number of fused-ring (bicyclic) bond motifs is 1. The number of halogens is 2.